The van der Waals surface area contributed by atoms with Gasteiger partial charge in [-0.2, -0.15) is 13.2 Å². The van der Waals surface area contributed by atoms with Crippen molar-refractivity contribution < 1.29 is 37.7 Å². The van der Waals surface area contributed by atoms with Gasteiger partial charge in [-0.15, -0.1) is 0 Å². The molecule has 1 unspecified atom stereocenters. The summed E-state index contributed by atoms with van der Waals surface area (Å²) in [5.74, 6) is -7.07. The fraction of sp³-hybridized carbons (Fsp3) is 0.714. The first-order valence-corrected chi connectivity index (χ1v) is 3.90. The van der Waals surface area contributed by atoms with Crippen molar-refractivity contribution in [2.75, 3.05) is 7.11 Å². The number of alkyl halides is 3. The van der Waals surface area contributed by atoms with Crippen molar-refractivity contribution >= 4 is 11.9 Å². The van der Waals surface area contributed by atoms with Gasteiger partial charge < -0.3 is 20.3 Å². The van der Waals surface area contributed by atoms with Crippen molar-refractivity contribution in [2.24, 2.45) is 0 Å². The SMILES string of the molecule is COC(=O)C(NC(C)=O)C(O)(O)C(F)(F)F. The Morgan fingerprint density at radius 3 is 2.00 bits per heavy atom. The number of amides is 1. The molecule has 9 heteroatoms. The van der Waals surface area contributed by atoms with Crippen LogP contribution in [0.25, 0.3) is 0 Å². The molecule has 1 amide bonds. The average Bonchev–Trinajstić information content (AvgIpc) is 2.10. The van der Waals surface area contributed by atoms with Gasteiger partial charge in [-0.05, 0) is 0 Å². The molecule has 0 fully saturated rings. The lowest BCUT2D eigenvalue weighted by Gasteiger charge is -2.30. The zero-order valence-corrected chi connectivity index (χ0v) is 8.33. The van der Waals surface area contributed by atoms with E-state index in [0.717, 1.165) is 14.0 Å². The lowest BCUT2D eigenvalue weighted by Crippen LogP contribution is -2.64. The lowest BCUT2D eigenvalue weighted by molar-refractivity contribution is -0.356. The maximum Gasteiger partial charge on any atom is 0.445 e. The summed E-state index contributed by atoms with van der Waals surface area (Å²) in [6, 6.07) is -2.64. The van der Waals surface area contributed by atoms with E-state index in [1.807, 2.05) is 0 Å². The molecule has 0 radical (unpaired) electrons. The van der Waals surface area contributed by atoms with Gasteiger partial charge in [-0.25, -0.2) is 4.79 Å². The third-order valence-corrected chi connectivity index (χ3v) is 1.60. The van der Waals surface area contributed by atoms with Crippen molar-refractivity contribution in [2.45, 2.75) is 24.9 Å². The van der Waals surface area contributed by atoms with Crippen molar-refractivity contribution in [3.63, 3.8) is 0 Å². The van der Waals surface area contributed by atoms with Crippen LogP contribution in [0.4, 0.5) is 13.2 Å². The highest BCUT2D eigenvalue weighted by atomic mass is 19.4. The van der Waals surface area contributed by atoms with Crippen LogP contribution in [-0.4, -0.2) is 47.2 Å². The maximum atomic E-state index is 12.2. The molecule has 0 saturated heterocycles. The van der Waals surface area contributed by atoms with E-state index in [9.17, 15) is 22.8 Å². The maximum absolute atomic E-state index is 12.2. The van der Waals surface area contributed by atoms with Gasteiger partial charge in [0, 0.05) is 6.92 Å². The van der Waals surface area contributed by atoms with Crippen LogP contribution < -0.4 is 5.32 Å². The standard InChI is InChI=1S/C7H10F3NO5/c1-3(12)11-4(5(13)16-2)6(14,15)7(8,9)10/h4,14-15H,1-2H3,(H,11,12). The van der Waals surface area contributed by atoms with Gasteiger partial charge in [0.15, 0.2) is 6.04 Å². The van der Waals surface area contributed by atoms with Gasteiger partial charge in [-0.1, -0.05) is 0 Å². The Bertz CT molecular complexity index is 288. The molecule has 0 spiro atoms. The molecule has 6 nitrogen and oxygen atoms in total. The first kappa shape index (κ1) is 14.6. The van der Waals surface area contributed by atoms with Gasteiger partial charge in [0.1, 0.15) is 0 Å². The quantitative estimate of drug-likeness (QED) is 0.433. The van der Waals surface area contributed by atoms with Gasteiger partial charge in [0.25, 0.3) is 5.79 Å². The molecule has 0 rings (SSSR count). The number of hydrogen-bond donors (Lipinski definition) is 3. The van der Waals surface area contributed by atoms with E-state index >= 15 is 0 Å². The predicted octanol–water partition coefficient (Wildman–Crippen LogP) is -1.09. The van der Waals surface area contributed by atoms with Crippen LogP contribution in [0, 0.1) is 0 Å². The smallest absolute Gasteiger partial charge is 0.445 e. The van der Waals surface area contributed by atoms with E-state index in [-0.39, 0.29) is 0 Å². The number of carbonyl (C=O) groups is 2. The van der Waals surface area contributed by atoms with Gasteiger partial charge in [0.2, 0.25) is 5.91 Å². The van der Waals surface area contributed by atoms with E-state index in [4.69, 9.17) is 10.2 Å². The van der Waals surface area contributed by atoms with Crippen LogP contribution >= 0.6 is 0 Å². The highest BCUT2D eigenvalue weighted by Crippen LogP contribution is 2.31. The van der Waals surface area contributed by atoms with Crippen molar-refractivity contribution in [3.8, 4) is 0 Å². The largest absolute Gasteiger partial charge is 0.467 e. The summed E-state index contributed by atoms with van der Waals surface area (Å²) in [6.07, 6.45) is -5.52. The van der Waals surface area contributed by atoms with Crippen LogP contribution in [0.5, 0.6) is 0 Å². The molecule has 16 heavy (non-hydrogen) atoms. The molecule has 0 aliphatic carbocycles. The molecule has 1 atom stereocenters. The van der Waals surface area contributed by atoms with Gasteiger partial charge in [0.05, 0.1) is 7.11 Å². The average molecular weight is 245 g/mol. The van der Waals surface area contributed by atoms with E-state index in [1.54, 1.807) is 0 Å². The first-order valence-electron chi connectivity index (χ1n) is 3.90. The van der Waals surface area contributed by atoms with Gasteiger partial charge in [-0.3, -0.25) is 4.79 Å². The topological polar surface area (TPSA) is 95.9 Å². The monoisotopic (exact) mass is 245 g/mol. The number of halogens is 3. The Labute approximate surface area is 88.0 Å². The second-order valence-corrected chi connectivity index (χ2v) is 2.88. The van der Waals surface area contributed by atoms with Crippen molar-refractivity contribution in [1.82, 2.24) is 5.32 Å². The third kappa shape index (κ3) is 3.07. The van der Waals surface area contributed by atoms with Crippen molar-refractivity contribution in [3.05, 3.63) is 0 Å². The Morgan fingerprint density at radius 2 is 1.75 bits per heavy atom. The molecule has 0 saturated carbocycles. The lowest BCUT2D eigenvalue weighted by atomic mass is 10.1. The number of esters is 1. The van der Waals surface area contributed by atoms with E-state index in [1.165, 1.54) is 5.32 Å². The highest BCUT2D eigenvalue weighted by molar-refractivity contribution is 5.84. The third-order valence-electron chi connectivity index (χ3n) is 1.60. The number of aliphatic hydroxyl groups is 2. The Hall–Kier alpha value is -1.35. The van der Waals surface area contributed by atoms with Gasteiger partial charge >= 0.3 is 12.1 Å². The molecular formula is C7H10F3NO5. The minimum Gasteiger partial charge on any atom is -0.467 e. The predicted molar refractivity (Wildman–Crippen MR) is 42.8 cm³/mol. The summed E-state index contributed by atoms with van der Waals surface area (Å²) in [6.45, 7) is 0.808. The summed E-state index contributed by atoms with van der Waals surface area (Å²) in [5, 5.41) is 19.0. The van der Waals surface area contributed by atoms with E-state index in [2.05, 4.69) is 4.74 Å². The Balaban J connectivity index is 5.17. The summed E-state index contributed by atoms with van der Waals surface area (Å²) >= 11 is 0. The normalized spacial score (nSPS) is 14.2. The number of nitrogens with one attached hydrogen (secondary N) is 1. The minimum atomic E-state index is -5.52. The van der Waals surface area contributed by atoms with Crippen molar-refractivity contribution in [1.29, 1.82) is 0 Å². The highest BCUT2D eigenvalue weighted by Gasteiger charge is 2.61. The molecule has 0 aromatic rings. The molecule has 94 valence electrons. The second-order valence-electron chi connectivity index (χ2n) is 2.88. The molecule has 0 bridgehead atoms. The number of rotatable bonds is 3. The molecule has 0 aliphatic rings. The van der Waals surface area contributed by atoms with E-state index in [0.29, 0.717) is 0 Å². The summed E-state index contributed by atoms with van der Waals surface area (Å²) < 4.78 is 40.4. The summed E-state index contributed by atoms with van der Waals surface area (Å²) in [5.41, 5.74) is 0. The van der Waals surface area contributed by atoms with E-state index < -0.39 is 29.9 Å². The molecule has 0 aromatic carbocycles. The van der Waals surface area contributed by atoms with Crippen LogP contribution in [0.15, 0.2) is 0 Å². The van der Waals surface area contributed by atoms with Crippen LogP contribution in [-0.2, 0) is 14.3 Å². The molecule has 0 aliphatic heterocycles. The first-order chi connectivity index (χ1) is 7.04. The molecule has 3 N–H and O–H groups in total. The second kappa shape index (κ2) is 4.66. The fourth-order valence-electron chi connectivity index (χ4n) is 0.809. The summed E-state index contributed by atoms with van der Waals surface area (Å²) in [4.78, 5) is 21.4. The Kier molecular flexibility index (Phi) is 4.27. The number of methoxy groups -OCH3 is 1. The number of ether oxygens (including phenoxy) is 1. The fourth-order valence-corrected chi connectivity index (χ4v) is 0.809. The zero-order valence-electron chi connectivity index (χ0n) is 8.33. The zero-order chi connectivity index (χ0) is 13.1. The minimum absolute atomic E-state index is 0.740. The summed E-state index contributed by atoms with van der Waals surface area (Å²) in [7, 11) is 0.740. The molecular weight excluding hydrogens is 235 g/mol. The number of carbonyl (C=O) groups excluding carboxylic acids is 2. The van der Waals surface area contributed by atoms with Crippen LogP contribution in [0.1, 0.15) is 6.92 Å². The van der Waals surface area contributed by atoms with Crippen LogP contribution in [0.2, 0.25) is 0 Å². The number of hydrogen-bond acceptors (Lipinski definition) is 5. The molecule has 0 heterocycles. The van der Waals surface area contributed by atoms with Crippen LogP contribution in [0.3, 0.4) is 0 Å². The molecule has 0 aromatic heterocycles. The Morgan fingerprint density at radius 1 is 1.31 bits per heavy atom.